The molecular weight excluding hydrogens is 301 g/mol. The maximum absolute atomic E-state index is 13.7. The van der Waals surface area contributed by atoms with E-state index in [1.807, 2.05) is 0 Å². The molecule has 2 amide bonds. The van der Waals surface area contributed by atoms with Crippen molar-refractivity contribution in [3.05, 3.63) is 29.6 Å². The fourth-order valence-electron chi connectivity index (χ4n) is 2.59. The number of aliphatic hydroxyl groups excluding tert-OH is 1. The van der Waals surface area contributed by atoms with Crippen molar-refractivity contribution in [3.63, 3.8) is 0 Å². The van der Waals surface area contributed by atoms with E-state index >= 15 is 0 Å². The van der Waals surface area contributed by atoms with Crippen LogP contribution in [0.5, 0.6) is 0 Å². The zero-order chi connectivity index (χ0) is 16.8. The highest BCUT2D eigenvalue weighted by molar-refractivity contribution is 6.39. The van der Waals surface area contributed by atoms with Gasteiger partial charge in [0.25, 0.3) is 0 Å². The summed E-state index contributed by atoms with van der Waals surface area (Å²) in [5.74, 6) is -2.19. The normalized spacial score (nSPS) is 16.1. The predicted molar refractivity (Wildman–Crippen MR) is 84.5 cm³/mol. The first-order valence-corrected chi connectivity index (χ1v) is 7.71. The van der Waals surface area contributed by atoms with E-state index in [1.165, 1.54) is 12.1 Å². The minimum Gasteiger partial charge on any atom is -0.395 e. The molecule has 1 fully saturated rings. The van der Waals surface area contributed by atoms with Gasteiger partial charge in [0.2, 0.25) is 0 Å². The number of β-amino-alcohol motifs (C(OH)–C–C–N with tert-alkyl or cyclic N) is 1. The van der Waals surface area contributed by atoms with Crippen LogP contribution in [0.4, 0.5) is 10.1 Å². The van der Waals surface area contributed by atoms with Crippen LogP contribution in [-0.2, 0) is 9.59 Å². The van der Waals surface area contributed by atoms with Crippen molar-refractivity contribution in [3.8, 4) is 0 Å². The van der Waals surface area contributed by atoms with E-state index < -0.39 is 17.6 Å². The molecule has 1 aliphatic rings. The van der Waals surface area contributed by atoms with Crippen LogP contribution in [0.25, 0.3) is 0 Å². The number of aliphatic hydroxyl groups is 1. The molecule has 1 aromatic carbocycles. The van der Waals surface area contributed by atoms with Gasteiger partial charge in [0.1, 0.15) is 5.82 Å². The quantitative estimate of drug-likeness (QED) is 0.711. The molecule has 23 heavy (non-hydrogen) atoms. The molecule has 0 spiro atoms. The van der Waals surface area contributed by atoms with Gasteiger partial charge in [-0.1, -0.05) is 6.07 Å². The standard InChI is InChI=1S/C16H22FN3O3/c1-11-2-3-14(13(17)10-11)19-16(23)15(22)18-12-4-6-20(7-5-12)8-9-21/h2-3,10,12,21H,4-9H2,1H3,(H,18,22)(H,19,23). The summed E-state index contributed by atoms with van der Waals surface area (Å²) in [6, 6.07) is 4.31. The smallest absolute Gasteiger partial charge is 0.313 e. The molecule has 126 valence electrons. The molecule has 1 aliphatic heterocycles. The number of nitrogens with one attached hydrogen (secondary N) is 2. The first-order chi connectivity index (χ1) is 11.0. The Balaban J connectivity index is 1.82. The molecule has 1 heterocycles. The summed E-state index contributed by atoms with van der Waals surface area (Å²) in [5, 5.41) is 13.8. The highest BCUT2D eigenvalue weighted by atomic mass is 19.1. The number of amides is 2. The fraction of sp³-hybridized carbons (Fsp3) is 0.500. The van der Waals surface area contributed by atoms with E-state index in [4.69, 9.17) is 5.11 Å². The first-order valence-electron chi connectivity index (χ1n) is 7.71. The minimum atomic E-state index is -0.870. The number of nitrogens with zero attached hydrogens (tertiary/aromatic N) is 1. The number of carbonyl (C=O) groups excluding carboxylic acids is 2. The minimum absolute atomic E-state index is 0.00600. The van der Waals surface area contributed by atoms with Crippen molar-refractivity contribution in [2.24, 2.45) is 0 Å². The molecule has 0 aliphatic carbocycles. The Bertz CT molecular complexity index is 572. The lowest BCUT2D eigenvalue weighted by atomic mass is 10.1. The zero-order valence-electron chi connectivity index (χ0n) is 13.1. The number of anilines is 1. The number of benzene rings is 1. The average molecular weight is 323 g/mol. The lowest BCUT2D eigenvalue weighted by Gasteiger charge is -2.31. The third-order valence-corrected chi connectivity index (χ3v) is 3.92. The predicted octanol–water partition coefficient (Wildman–Crippen LogP) is 0.646. The number of likely N-dealkylation sites (tertiary alicyclic amines) is 1. The highest BCUT2D eigenvalue weighted by Crippen LogP contribution is 2.15. The van der Waals surface area contributed by atoms with Gasteiger partial charge in [0, 0.05) is 25.7 Å². The Morgan fingerprint density at radius 2 is 2.00 bits per heavy atom. The third kappa shape index (κ3) is 5.01. The van der Waals surface area contributed by atoms with E-state index in [1.54, 1.807) is 13.0 Å². The summed E-state index contributed by atoms with van der Waals surface area (Å²) in [7, 11) is 0. The maximum Gasteiger partial charge on any atom is 0.313 e. The van der Waals surface area contributed by atoms with Gasteiger partial charge in [-0.3, -0.25) is 9.59 Å². The van der Waals surface area contributed by atoms with Gasteiger partial charge in [-0.15, -0.1) is 0 Å². The Morgan fingerprint density at radius 3 is 2.61 bits per heavy atom. The molecule has 0 radical (unpaired) electrons. The topological polar surface area (TPSA) is 81.7 Å². The van der Waals surface area contributed by atoms with E-state index in [-0.39, 0.29) is 18.3 Å². The number of hydrogen-bond donors (Lipinski definition) is 3. The Labute approximate surface area is 134 Å². The largest absolute Gasteiger partial charge is 0.395 e. The van der Waals surface area contributed by atoms with E-state index in [0.717, 1.165) is 31.5 Å². The second-order valence-corrected chi connectivity index (χ2v) is 5.75. The molecule has 2 rings (SSSR count). The van der Waals surface area contributed by atoms with E-state index in [9.17, 15) is 14.0 Å². The molecule has 6 nitrogen and oxygen atoms in total. The number of halogens is 1. The van der Waals surface area contributed by atoms with Gasteiger partial charge in [0.05, 0.1) is 12.3 Å². The molecule has 0 aromatic heterocycles. The number of rotatable bonds is 4. The van der Waals surface area contributed by atoms with Crippen LogP contribution in [-0.4, -0.2) is 54.1 Å². The van der Waals surface area contributed by atoms with Gasteiger partial charge < -0.3 is 20.6 Å². The summed E-state index contributed by atoms with van der Waals surface area (Å²) in [6.07, 6.45) is 1.44. The molecule has 0 saturated carbocycles. The van der Waals surface area contributed by atoms with Crippen LogP contribution in [0.2, 0.25) is 0 Å². The maximum atomic E-state index is 13.7. The van der Waals surface area contributed by atoms with E-state index in [2.05, 4.69) is 15.5 Å². The zero-order valence-corrected chi connectivity index (χ0v) is 13.1. The Morgan fingerprint density at radius 1 is 1.30 bits per heavy atom. The molecule has 3 N–H and O–H groups in total. The van der Waals surface area contributed by atoms with Crippen LogP contribution in [0.1, 0.15) is 18.4 Å². The molecular formula is C16H22FN3O3. The van der Waals surface area contributed by atoms with Gasteiger partial charge in [-0.25, -0.2) is 4.39 Å². The second-order valence-electron chi connectivity index (χ2n) is 5.75. The summed E-state index contributed by atoms with van der Waals surface area (Å²) in [4.78, 5) is 25.9. The van der Waals surface area contributed by atoms with E-state index in [0.29, 0.717) is 6.54 Å². The number of piperidine rings is 1. The fourth-order valence-corrected chi connectivity index (χ4v) is 2.59. The van der Waals surface area contributed by atoms with Gasteiger partial charge in [-0.05, 0) is 37.5 Å². The van der Waals surface area contributed by atoms with Crippen molar-refractivity contribution >= 4 is 17.5 Å². The molecule has 0 bridgehead atoms. The van der Waals surface area contributed by atoms with Crippen LogP contribution in [0.3, 0.4) is 0 Å². The molecule has 1 saturated heterocycles. The Hall–Kier alpha value is -1.99. The summed E-state index contributed by atoms with van der Waals surface area (Å²) >= 11 is 0. The highest BCUT2D eigenvalue weighted by Gasteiger charge is 2.23. The van der Waals surface area contributed by atoms with Gasteiger partial charge >= 0.3 is 11.8 Å². The number of aryl methyl sites for hydroxylation is 1. The lowest BCUT2D eigenvalue weighted by Crippen LogP contribution is -2.48. The monoisotopic (exact) mass is 323 g/mol. The van der Waals surface area contributed by atoms with Crippen LogP contribution in [0.15, 0.2) is 18.2 Å². The second kappa shape index (κ2) is 8.03. The molecule has 0 atom stereocenters. The molecule has 1 aromatic rings. The number of hydrogen-bond acceptors (Lipinski definition) is 4. The Kier molecular flexibility index (Phi) is 6.06. The van der Waals surface area contributed by atoms with Crippen LogP contribution in [0, 0.1) is 12.7 Å². The van der Waals surface area contributed by atoms with Crippen LogP contribution < -0.4 is 10.6 Å². The SMILES string of the molecule is Cc1ccc(NC(=O)C(=O)NC2CCN(CCO)CC2)c(F)c1. The van der Waals surface area contributed by atoms with Crippen LogP contribution >= 0.6 is 0 Å². The number of carbonyl (C=O) groups is 2. The average Bonchev–Trinajstić information content (AvgIpc) is 2.52. The third-order valence-electron chi connectivity index (χ3n) is 3.92. The lowest BCUT2D eigenvalue weighted by molar-refractivity contribution is -0.136. The van der Waals surface area contributed by atoms with Gasteiger partial charge in [-0.2, -0.15) is 0 Å². The molecule has 7 heteroatoms. The van der Waals surface area contributed by atoms with Crippen molar-refractivity contribution in [1.82, 2.24) is 10.2 Å². The molecule has 0 unspecified atom stereocenters. The van der Waals surface area contributed by atoms with Gasteiger partial charge in [0.15, 0.2) is 0 Å². The summed E-state index contributed by atoms with van der Waals surface area (Å²) in [6.45, 7) is 4.00. The van der Waals surface area contributed by atoms with Crippen molar-refractivity contribution in [1.29, 1.82) is 0 Å². The van der Waals surface area contributed by atoms with Crippen molar-refractivity contribution < 1.29 is 19.1 Å². The summed E-state index contributed by atoms with van der Waals surface area (Å²) < 4.78 is 13.7. The van der Waals surface area contributed by atoms with Crippen molar-refractivity contribution in [2.45, 2.75) is 25.8 Å². The summed E-state index contributed by atoms with van der Waals surface area (Å²) in [5.41, 5.74) is 0.730. The first kappa shape index (κ1) is 17.4. The van der Waals surface area contributed by atoms with Crippen molar-refractivity contribution in [2.75, 3.05) is 31.6 Å².